The van der Waals surface area contributed by atoms with E-state index in [9.17, 15) is 18.0 Å². The van der Waals surface area contributed by atoms with Crippen molar-refractivity contribution in [2.24, 2.45) is 0 Å². The van der Waals surface area contributed by atoms with Gasteiger partial charge in [0.25, 0.3) is 5.56 Å². The zero-order valence-corrected chi connectivity index (χ0v) is 23.3. The molecule has 3 rings (SSSR count). The van der Waals surface area contributed by atoms with Crippen LogP contribution in [0.1, 0.15) is 25.8 Å². The molecule has 0 N–H and O–H groups in total. The Morgan fingerprint density at radius 3 is 2.53 bits per heavy atom. The van der Waals surface area contributed by atoms with Gasteiger partial charge in [0.2, 0.25) is 0 Å². The number of methoxy groups -OCH3 is 1. The largest absolute Gasteiger partial charge is 0.465 e. The van der Waals surface area contributed by atoms with Crippen molar-refractivity contribution in [2.45, 2.75) is 38.1 Å². The Bertz CT molecular complexity index is 1470. The number of fused-ring (bicyclic) bond motifs is 1. The fraction of sp³-hybridized carbons (Fsp3) is 0.429. The quantitative estimate of drug-likeness (QED) is 0.320. The van der Waals surface area contributed by atoms with Crippen LogP contribution in [0.2, 0.25) is 0 Å². The van der Waals surface area contributed by atoms with Crippen LogP contribution >= 0.6 is 0 Å². The second kappa shape index (κ2) is 12.2. The number of carbonyl (C=O) groups is 1. The summed E-state index contributed by atoms with van der Waals surface area (Å²) in [6.07, 6.45) is 2.42. The summed E-state index contributed by atoms with van der Waals surface area (Å²) in [5, 5.41) is 1.04. The summed E-state index contributed by atoms with van der Waals surface area (Å²) >= 11 is 0. The number of likely N-dealkylation sites (N-methyl/N-ethyl adjacent to an activating group) is 1. The molecule has 0 aliphatic heterocycles. The number of aromatic nitrogens is 1. The van der Waals surface area contributed by atoms with Gasteiger partial charge in [-0.3, -0.25) is 14.5 Å². The van der Waals surface area contributed by atoms with E-state index in [0.717, 1.165) is 18.4 Å². The summed E-state index contributed by atoms with van der Waals surface area (Å²) in [6, 6.07) is 11.9. The third kappa shape index (κ3) is 6.48. The first kappa shape index (κ1) is 29.5. The molecule has 0 aliphatic carbocycles. The van der Waals surface area contributed by atoms with Gasteiger partial charge in [-0.25, -0.2) is 12.8 Å². The summed E-state index contributed by atoms with van der Waals surface area (Å²) in [7, 11) is -0.215. The van der Waals surface area contributed by atoms with Crippen LogP contribution in [0, 0.1) is 5.82 Å². The normalized spacial score (nSPS) is 13.6. The number of esters is 1. The average Bonchev–Trinajstić information content (AvgIpc) is 2.86. The van der Waals surface area contributed by atoms with Gasteiger partial charge in [-0.15, -0.1) is 0 Å². The Kier molecular flexibility index (Phi) is 9.45. The summed E-state index contributed by atoms with van der Waals surface area (Å²) in [5.74, 6) is -1.19. The Balaban J connectivity index is 1.85. The lowest BCUT2D eigenvalue weighted by atomic mass is 10.00. The number of nitrogens with zero attached hydrogens (tertiary/aromatic N) is 2. The third-order valence-electron chi connectivity index (χ3n) is 6.81. The summed E-state index contributed by atoms with van der Waals surface area (Å²) in [6.45, 7) is 4.90. The minimum atomic E-state index is -3.80. The maximum atomic E-state index is 15.0. The lowest BCUT2D eigenvalue weighted by molar-refractivity contribution is -0.146. The fourth-order valence-electron chi connectivity index (χ4n) is 4.22. The topological polar surface area (TPSA) is 94.9 Å². The number of rotatable bonds is 12. The number of hydrogen-bond donors (Lipinski definition) is 0. The van der Waals surface area contributed by atoms with Crippen molar-refractivity contribution >= 4 is 26.6 Å². The summed E-state index contributed by atoms with van der Waals surface area (Å²) in [4.78, 5) is 27.6. The van der Waals surface area contributed by atoms with Crippen LogP contribution in [0.15, 0.2) is 53.5 Å². The molecule has 1 aromatic heterocycles. The van der Waals surface area contributed by atoms with Crippen molar-refractivity contribution in [2.75, 3.05) is 40.2 Å². The van der Waals surface area contributed by atoms with E-state index in [1.165, 1.54) is 17.6 Å². The molecule has 0 amide bonds. The molecule has 3 aromatic rings. The smallest absolute Gasteiger partial charge is 0.327 e. The molecule has 0 aliphatic rings. The number of aryl methyl sites for hydroxylation is 1. The Labute approximate surface area is 222 Å². The Morgan fingerprint density at radius 2 is 1.89 bits per heavy atom. The van der Waals surface area contributed by atoms with Crippen molar-refractivity contribution in [3.05, 3.63) is 70.4 Å². The minimum Gasteiger partial charge on any atom is -0.465 e. The zero-order chi connectivity index (χ0) is 28.1. The number of halogens is 1. The van der Waals surface area contributed by atoms with E-state index < -0.39 is 20.6 Å². The predicted octanol–water partition coefficient (Wildman–Crippen LogP) is 3.64. The number of carbonyl (C=O) groups excluding carboxylic acids is 1. The van der Waals surface area contributed by atoms with Gasteiger partial charge in [-0.2, -0.15) is 0 Å². The van der Waals surface area contributed by atoms with Crippen LogP contribution in [-0.2, 0) is 37.2 Å². The number of ether oxygens (including phenoxy) is 2. The first-order chi connectivity index (χ1) is 17.9. The van der Waals surface area contributed by atoms with Gasteiger partial charge in [0.05, 0.1) is 13.2 Å². The summed E-state index contributed by atoms with van der Waals surface area (Å²) < 4.78 is 49.4. The zero-order valence-electron chi connectivity index (χ0n) is 22.5. The second-order valence-corrected chi connectivity index (χ2v) is 12.1. The van der Waals surface area contributed by atoms with E-state index in [1.807, 2.05) is 18.0 Å². The molecule has 0 radical (unpaired) electrons. The molecule has 1 atom stereocenters. The highest BCUT2D eigenvalue weighted by Crippen LogP contribution is 2.27. The van der Waals surface area contributed by atoms with Crippen molar-refractivity contribution in [1.29, 1.82) is 0 Å². The van der Waals surface area contributed by atoms with Crippen LogP contribution in [0.25, 0.3) is 21.9 Å². The Hall–Kier alpha value is -3.08. The van der Waals surface area contributed by atoms with Crippen LogP contribution in [0.3, 0.4) is 0 Å². The molecule has 38 heavy (non-hydrogen) atoms. The molecular formula is C28H35FN2O6S. The maximum Gasteiger partial charge on any atom is 0.327 e. The van der Waals surface area contributed by atoms with Crippen LogP contribution in [-0.4, -0.2) is 68.8 Å². The van der Waals surface area contributed by atoms with Crippen molar-refractivity contribution in [3.63, 3.8) is 0 Å². The van der Waals surface area contributed by atoms with E-state index in [4.69, 9.17) is 9.47 Å². The van der Waals surface area contributed by atoms with Crippen molar-refractivity contribution in [1.82, 2.24) is 9.47 Å². The molecular weight excluding hydrogens is 511 g/mol. The van der Waals surface area contributed by atoms with Gasteiger partial charge in [-0.1, -0.05) is 18.2 Å². The van der Waals surface area contributed by atoms with E-state index in [-0.39, 0.29) is 30.9 Å². The van der Waals surface area contributed by atoms with E-state index in [2.05, 4.69) is 0 Å². The highest BCUT2D eigenvalue weighted by molar-refractivity contribution is 7.92. The molecule has 206 valence electrons. The lowest BCUT2D eigenvalue weighted by Gasteiger charge is -2.25. The van der Waals surface area contributed by atoms with Crippen LogP contribution < -0.4 is 5.56 Å². The number of hydrogen-bond acceptors (Lipinski definition) is 7. The van der Waals surface area contributed by atoms with Gasteiger partial charge in [-0.05, 0) is 68.1 Å². The van der Waals surface area contributed by atoms with E-state index >= 15 is 4.39 Å². The van der Waals surface area contributed by atoms with Crippen LogP contribution in [0.4, 0.5) is 4.39 Å². The number of benzene rings is 2. The lowest BCUT2D eigenvalue weighted by Crippen LogP contribution is -2.45. The molecule has 0 fully saturated rings. The number of pyridine rings is 1. The molecule has 0 saturated carbocycles. The third-order valence-corrected chi connectivity index (χ3v) is 8.81. The molecule has 8 nitrogen and oxygen atoms in total. The SMILES string of the molecule is CCOC(=O)[C@@](C)(CCn1ccc2cc(-c3ccc(CN(C)CCOC)cc3F)ccc2c1=O)S(C)(=O)=O. The van der Waals surface area contributed by atoms with Gasteiger partial charge in [0.1, 0.15) is 5.82 Å². The van der Waals surface area contributed by atoms with Gasteiger partial charge in [0.15, 0.2) is 14.6 Å². The van der Waals surface area contributed by atoms with E-state index in [1.54, 1.807) is 50.6 Å². The first-order valence-corrected chi connectivity index (χ1v) is 14.3. The predicted molar refractivity (Wildman–Crippen MR) is 146 cm³/mol. The first-order valence-electron chi connectivity index (χ1n) is 12.4. The van der Waals surface area contributed by atoms with Crippen LogP contribution in [0.5, 0.6) is 0 Å². The van der Waals surface area contributed by atoms with Gasteiger partial charge in [0, 0.05) is 50.1 Å². The molecule has 0 bridgehead atoms. The average molecular weight is 547 g/mol. The highest BCUT2D eigenvalue weighted by atomic mass is 32.2. The maximum absolute atomic E-state index is 15.0. The highest BCUT2D eigenvalue weighted by Gasteiger charge is 2.44. The summed E-state index contributed by atoms with van der Waals surface area (Å²) in [5.41, 5.74) is 1.58. The van der Waals surface area contributed by atoms with Crippen molar-refractivity contribution < 1.29 is 27.1 Å². The fourth-order valence-corrected chi connectivity index (χ4v) is 5.04. The molecule has 0 spiro atoms. The number of sulfone groups is 1. The monoisotopic (exact) mass is 546 g/mol. The molecule has 10 heteroatoms. The molecule has 1 heterocycles. The van der Waals surface area contributed by atoms with E-state index in [0.29, 0.717) is 35.1 Å². The minimum absolute atomic E-state index is 0.00776. The molecule has 0 unspecified atom stereocenters. The molecule has 0 saturated heterocycles. The second-order valence-electron chi connectivity index (χ2n) is 9.63. The van der Waals surface area contributed by atoms with Gasteiger partial charge >= 0.3 is 5.97 Å². The van der Waals surface area contributed by atoms with Gasteiger partial charge < -0.3 is 14.0 Å². The van der Waals surface area contributed by atoms with Crippen molar-refractivity contribution in [3.8, 4) is 11.1 Å². The standard InChI is InChI=1S/C28H35FN2O6S/c1-6-37-27(33)28(2,38(5,34)35)12-14-31-13-11-22-18-21(8-10-24(22)26(31)32)23-9-7-20(17-25(23)29)19-30(3)15-16-36-4/h7-11,13,17-18H,6,12,14-16,19H2,1-5H3/t28-/m1/s1. The Morgan fingerprint density at radius 1 is 1.16 bits per heavy atom. The molecule has 2 aromatic carbocycles.